The first-order valence-electron chi connectivity index (χ1n) is 10.8. The van der Waals surface area contributed by atoms with E-state index < -0.39 is 0 Å². The summed E-state index contributed by atoms with van der Waals surface area (Å²) < 4.78 is 11.3. The molecular weight excluding hydrogens is 420 g/mol. The van der Waals surface area contributed by atoms with Crippen molar-refractivity contribution in [3.8, 4) is 0 Å². The number of carbonyl (C=O) groups is 2. The van der Waals surface area contributed by atoms with Gasteiger partial charge in [-0.1, -0.05) is 35.4 Å². The fourth-order valence-corrected chi connectivity index (χ4v) is 8.35. The van der Waals surface area contributed by atoms with Gasteiger partial charge >= 0.3 is 11.9 Å². The fourth-order valence-electron chi connectivity index (χ4n) is 7.27. The van der Waals surface area contributed by atoms with E-state index >= 15 is 0 Å². The van der Waals surface area contributed by atoms with Gasteiger partial charge in [-0.15, -0.1) is 0 Å². The lowest BCUT2D eigenvalue weighted by Gasteiger charge is -2.59. The molecule has 0 spiro atoms. The van der Waals surface area contributed by atoms with Crippen molar-refractivity contribution in [3.05, 3.63) is 11.6 Å². The zero-order valence-electron chi connectivity index (χ0n) is 17.5. The highest BCUT2D eigenvalue weighted by Gasteiger charge is 2.61. The van der Waals surface area contributed by atoms with Crippen LogP contribution in [0.15, 0.2) is 11.6 Å². The van der Waals surface area contributed by atoms with Gasteiger partial charge in [-0.2, -0.15) is 0 Å². The lowest BCUT2D eigenvalue weighted by atomic mass is 9.47. The van der Waals surface area contributed by atoms with Crippen molar-refractivity contribution in [2.75, 3.05) is 0 Å². The van der Waals surface area contributed by atoms with Gasteiger partial charge in [-0.3, -0.25) is 9.59 Å². The molecule has 0 unspecified atom stereocenters. The predicted molar refractivity (Wildman–Crippen MR) is 111 cm³/mol. The number of hydrogen-bond donors (Lipinski definition) is 0. The molecule has 28 heavy (non-hydrogen) atoms. The highest BCUT2D eigenvalue weighted by molar-refractivity contribution is 9.09. The second kappa shape index (κ2) is 7.14. The third-order valence-corrected chi connectivity index (χ3v) is 9.53. The van der Waals surface area contributed by atoms with E-state index in [1.54, 1.807) is 0 Å². The van der Waals surface area contributed by atoms with Gasteiger partial charge < -0.3 is 9.47 Å². The number of allylic oxidation sites excluding steroid dienone is 1. The Kier molecular flexibility index (Phi) is 5.21. The van der Waals surface area contributed by atoms with E-state index in [-0.39, 0.29) is 35.0 Å². The molecule has 3 fully saturated rings. The number of ether oxygens (including phenoxy) is 2. The van der Waals surface area contributed by atoms with Crippen LogP contribution in [-0.4, -0.2) is 29.0 Å². The van der Waals surface area contributed by atoms with Crippen molar-refractivity contribution in [2.24, 2.45) is 28.6 Å². The van der Waals surface area contributed by atoms with Crippen LogP contribution in [0.1, 0.15) is 72.6 Å². The zero-order valence-corrected chi connectivity index (χ0v) is 19.1. The Hall–Kier alpha value is -0.840. The number of alkyl halides is 1. The maximum Gasteiger partial charge on any atom is 0.303 e. The molecule has 0 amide bonds. The first-order valence-corrected chi connectivity index (χ1v) is 11.8. The Morgan fingerprint density at radius 3 is 2.39 bits per heavy atom. The molecule has 4 rings (SSSR count). The van der Waals surface area contributed by atoms with Crippen LogP contribution in [0.3, 0.4) is 0 Å². The molecule has 4 nitrogen and oxygen atoms in total. The number of fused-ring (bicyclic) bond motifs is 5. The molecule has 4 aliphatic carbocycles. The smallest absolute Gasteiger partial charge is 0.303 e. The van der Waals surface area contributed by atoms with Crippen molar-refractivity contribution < 1.29 is 19.1 Å². The topological polar surface area (TPSA) is 52.6 Å². The highest BCUT2D eigenvalue weighted by Crippen LogP contribution is 2.66. The molecule has 3 saturated carbocycles. The largest absolute Gasteiger partial charge is 0.462 e. The van der Waals surface area contributed by atoms with Crippen LogP contribution in [0.4, 0.5) is 0 Å². The van der Waals surface area contributed by atoms with Gasteiger partial charge in [0.1, 0.15) is 12.2 Å². The monoisotopic (exact) mass is 452 g/mol. The molecule has 8 atom stereocenters. The van der Waals surface area contributed by atoms with Gasteiger partial charge in [0.15, 0.2) is 0 Å². The second-order valence-electron chi connectivity index (χ2n) is 10.0. The van der Waals surface area contributed by atoms with Crippen LogP contribution in [0, 0.1) is 28.6 Å². The quantitative estimate of drug-likeness (QED) is 0.328. The lowest BCUT2D eigenvalue weighted by Crippen LogP contribution is -2.55. The molecule has 0 aromatic carbocycles. The molecule has 0 aromatic heterocycles. The minimum Gasteiger partial charge on any atom is -0.462 e. The van der Waals surface area contributed by atoms with E-state index in [0.717, 1.165) is 38.5 Å². The van der Waals surface area contributed by atoms with Crippen LogP contribution >= 0.6 is 15.9 Å². The molecular formula is C23H33BrO4. The Labute approximate surface area is 176 Å². The SMILES string of the molecule is CC(=O)O[C@@H]1C=C2C[C@H](Br)[C@H]3[C@@H]4CC[C@H](OC(C)=O)[C@@]4(C)CC[C@@H]3[C@@]2(C)CC1. The molecule has 0 radical (unpaired) electrons. The summed E-state index contributed by atoms with van der Waals surface area (Å²) in [6.07, 6.45) is 9.77. The van der Waals surface area contributed by atoms with E-state index in [0.29, 0.717) is 22.6 Å². The summed E-state index contributed by atoms with van der Waals surface area (Å²) in [5.74, 6) is 1.53. The number of halogens is 1. The van der Waals surface area contributed by atoms with Crippen LogP contribution in [0.25, 0.3) is 0 Å². The van der Waals surface area contributed by atoms with Crippen LogP contribution in [0.5, 0.6) is 0 Å². The molecule has 0 aliphatic heterocycles. The molecule has 0 heterocycles. The maximum atomic E-state index is 11.6. The molecule has 0 aromatic rings. The first kappa shape index (κ1) is 20.4. The molecule has 4 aliphatic rings. The molecule has 0 bridgehead atoms. The van der Waals surface area contributed by atoms with Crippen LogP contribution < -0.4 is 0 Å². The molecule has 5 heteroatoms. The summed E-state index contributed by atoms with van der Waals surface area (Å²) >= 11 is 4.06. The number of esters is 2. The van der Waals surface area contributed by atoms with Crippen molar-refractivity contribution in [3.63, 3.8) is 0 Å². The summed E-state index contributed by atoms with van der Waals surface area (Å²) in [4.78, 5) is 23.5. The summed E-state index contributed by atoms with van der Waals surface area (Å²) in [5.41, 5.74) is 1.78. The minimum atomic E-state index is -0.189. The standard InChI is InChI=1S/C23H33BrO4/c1-13(25)27-16-7-9-22(3)15(11-16)12-19(24)21-17-5-6-20(28-14(2)26)23(17,4)10-8-18(21)22/h11,16-21H,5-10,12H2,1-4H3/t16-,17-,18-,19-,20-,21-,22-,23-/m0/s1. The predicted octanol–water partition coefficient (Wildman–Crippen LogP) is 5.19. The van der Waals surface area contributed by atoms with Crippen LogP contribution in [-0.2, 0) is 19.1 Å². The third-order valence-electron chi connectivity index (χ3n) is 8.59. The van der Waals surface area contributed by atoms with E-state index in [1.165, 1.54) is 25.8 Å². The minimum absolute atomic E-state index is 0.0643. The zero-order chi connectivity index (χ0) is 20.3. The highest BCUT2D eigenvalue weighted by atomic mass is 79.9. The maximum absolute atomic E-state index is 11.6. The van der Waals surface area contributed by atoms with Crippen molar-refractivity contribution in [1.82, 2.24) is 0 Å². The molecule has 156 valence electrons. The Bertz CT molecular complexity index is 703. The summed E-state index contributed by atoms with van der Waals surface area (Å²) in [5, 5.41) is 0. The Morgan fingerprint density at radius 2 is 1.71 bits per heavy atom. The first-order chi connectivity index (χ1) is 13.1. The van der Waals surface area contributed by atoms with Gasteiger partial charge in [-0.05, 0) is 74.2 Å². The van der Waals surface area contributed by atoms with E-state index in [1.807, 2.05) is 0 Å². The van der Waals surface area contributed by atoms with Crippen molar-refractivity contribution in [2.45, 2.75) is 89.7 Å². The van der Waals surface area contributed by atoms with Crippen LogP contribution in [0.2, 0.25) is 0 Å². The second-order valence-corrected chi connectivity index (χ2v) is 11.2. The van der Waals surface area contributed by atoms with Gasteiger partial charge in [0.05, 0.1) is 0 Å². The third kappa shape index (κ3) is 3.16. The molecule has 0 N–H and O–H groups in total. The fraction of sp³-hybridized carbons (Fsp3) is 0.826. The average Bonchev–Trinajstić information content (AvgIpc) is 2.92. The van der Waals surface area contributed by atoms with E-state index in [9.17, 15) is 9.59 Å². The van der Waals surface area contributed by atoms with E-state index in [2.05, 4.69) is 35.9 Å². The summed E-state index contributed by atoms with van der Waals surface area (Å²) in [7, 11) is 0. The Balaban J connectivity index is 1.61. The van der Waals surface area contributed by atoms with Crippen molar-refractivity contribution >= 4 is 27.9 Å². The van der Waals surface area contributed by atoms with Gasteiger partial charge in [0.25, 0.3) is 0 Å². The van der Waals surface area contributed by atoms with E-state index in [4.69, 9.17) is 9.47 Å². The van der Waals surface area contributed by atoms with Gasteiger partial charge in [-0.25, -0.2) is 0 Å². The summed E-state index contributed by atoms with van der Waals surface area (Å²) in [6.45, 7) is 7.84. The van der Waals surface area contributed by atoms with Gasteiger partial charge in [0.2, 0.25) is 0 Å². The molecule has 0 saturated heterocycles. The number of rotatable bonds is 2. The number of carbonyl (C=O) groups excluding carboxylic acids is 2. The van der Waals surface area contributed by atoms with Crippen molar-refractivity contribution in [1.29, 1.82) is 0 Å². The Morgan fingerprint density at radius 1 is 1.00 bits per heavy atom. The number of hydrogen-bond acceptors (Lipinski definition) is 4. The lowest BCUT2D eigenvalue weighted by molar-refractivity contribution is -0.157. The van der Waals surface area contributed by atoms with Gasteiger partial charge in [0, 0.05) is 24.1 Å². The normalized spacial score (nSPS) is 47.2. The average molecular weight is 453 g/mol. The summed E-state index contributed by atoms with van der Waals surface area (Å²) in [6, 6.07) is 0.